The van der Waals surface area contributed by atoms with Gasteiger partial charge in [0, 0.05) is 32.0 Å². The number of nitrogens with one attached hydrogen (secondary N) is 2. The summed E-state index contributed by atoms with van der Waals surface area (Å²) in [7, 11) is 0. The standard InChI is InChI=1S/C31H32N6O/c38-28-11-4-9-26-31(28)36-29(35-26)21-37(27-10-3-6-24-7-5-17-34-30(24)27)20-23-14-12-22(13-15-23)18-32-19-25-8-1-2-16-33-25/h1-2,4-5,7-9,11-17,27,32,38H,3,6,10,18-21H2,(H,35,36). The van der Waals surface area contributed by atoms with E-state index in [9.17, 15) is 5.11 Å². The summed E-state index contributed by atoms with van der Waals surface area (Å²) in [4.78, 5) is 19.8. The molecule has 38 heavy (non-hydrogen) atoms. The van der Waals surface area contributed by atoms with Gasteiger partial charge in [-0.2, -0.15) is 0 Å². The van der Waals surface area contributed by atoms with Crippen LogP contribution in [-0.2, 0) is 32.6 Å². The Balaban J connectivity index is 1.21. The zero-order valence-corrected chi connectivity index (χ0v) is 21.3. The lowest BCUT2D eigenvalue weighted by atomic mass is 9.90. The summed E-state index contributed by atoms with van der Waals surface area (Å²) in [5.41, 5.74) is 7.52. The number of fused-ring (bicyclic) bond motifs is 2. The summed E-state index contributed by atoms with van der Waals surface area (Å²) < 4.78 is 0. The molecule has 3 aromatic heterocycles. The maximum atomic E-state index is 10.3. The van der Waals surface area contributed by atoms with Crippen LogP contribution < -0.4 is 5.32 Å². The predicted octanol–water partition coefficient (Wildman–Crippen LogP) is 5.43. The number of H-pyrrole nitrogens is 1. The zero-order chi connectivity index (χ0) is 25.7. The Morgan fingerprint density at radius 3 is 2.58 bits per heavy atom. The summed E-state index contributed by atoms with van der Waals surface area (Å²) in [6, 6.07) is 24.7. The molecule has 0 aliphatic heterocycles. The lowest BCUT2D eigenvalue weighted by Gasteiger charge is -2.34. The number of pyridine rings is 2. The molecule has 6 rings (SSSR count). The zero-order valence-electron chi connectivity index (χ0n) is 21.3. The minimum atomic E-state index is 0.202. The fourth-order valence-electron chi connectivity index (χ4n) is 5.39. The van der Waals surface area contributed by atoms with Crippen LogP contribution in [0, 0.1) is 0 Å². The number of aromatic amines is 1. The number of hydrogen-bond acceptors (Lipinski definition) is 6. The monoisotopic (exact) mass is 504 g/mol. The van der Waals surface area contributed by atoms with Gasteiger partial charge in [0.05, 0.1) is 29.5 Å². The first-order chi connectivity index (χ1) is 18.7. The molecular weight excluding hydrogens is 472 g/mol. The van der Waals surface area contributed by atoms with E-state index in [2.05, 4.69) is 50.5 Å². The Hall–Kier alpha value is -4.07. The van der Waals surface area contributed by atoms with Gasteiger partial charge in [0.1, 0.15) is 17.1 Å². The number of hydrogen-bond donors (Lipinski definition) is 3. The molecule has 3 heterocycles. The second kappa shape index (κ2) is 11.1. The Bertz CT molecular complexity index is 1500. The maximum Gasteiger partial charge on any atom is 0.143 e. The molecule has 0 spiro atoms. The number of benzene rings is 2. The molecule has 0 radical (unpaired) electrons. The smallest absolute Gasteiger partial charge is 0.143 e. The summed E-state index contributed by atoms with van der Waals surface area (Å²) in [5, 5.41) is 13.7. The van der Waals surface area contributed by atoms with Crippen LogP contribution in [-0.4, -0.2) is 29.9 Å². The first-order valence-corrected chi connectivity index (χ1v) is 13.3. The molecule has 0 fully saturated rings. The number of para-hydroxylation sites is 1. The Kier molecular flexibility index (Phi) is 7.11. The first-order valence-electron chi connectivity index (χ1n) is 13.3. The highest BCUT2D eigenvalue weighted by atomic mass is 16.3. The number of aromatic nitrogens is 4. The number of aryl methyl sites for hydroxylation is 1. The van der Waals surface area contributed by atoms with E-state index >= 15 is 0 Å². The van der Waals surface area contributed by atoms with E-state index < -0.39 is 0 Å². The van der Waals surface area contributed by atoms with Gasteiger partial charge in [0.15, 0.2) is 0 Å². The summed E-state index contributed by atoms with van der Waals surface area (Å²) in [5.74, 6) is 1.05. The molecule has 7 nitrogen and oxygen atoms in total. The quantitative estimate of drug-likeness (QED) is 0.248. The van der Waals surface area contributed by atoms with Crippen molar-refractivity contribution in [1.29, 1.82) is 0 Å². The van der Waals surface area contributed by atoms with E-state index in [0.717, 1.165) is 55.9 Å². The van der Waals surface area contributed by atoms with Crippen LogP contribution in [0.5, 0.6) is 5.75 Å². The number of imidazole rings is 1. The van der Waals surface area contributed by atoms with E-state index in [-0.39, 0.29) is 11.8 Å². The molecule has 1 unspecified atom stereocenters. The van der Waals surface area contributed by atoms with Gasteiger partial charge in [-0.05, 0) is 66.3 Å². The SMILES string of the molecule is Oc1cccc2[nH]c(CN(Cc3ccc(CNCc4ccccn4)cc3)C3CCCc4cccnc43)nc12. The van der Waals surface area contributed by atoms with Crippen LogP contribution in [0.25, 0.3) is 11.0 Å². The van der Waals surface area contributed by atoms with E-state index in [1.807, 2.05) is 48.8 Å². The molecule has 1 atom stereocenters. The minimum absolute atomic E-state index is 0.202. The van der Waals surface area contributed by atoms with Gasteiger partial charge < -0.3 is 15.4 Å². The predicted molar refractivity (Wildman–Crippen MR) is 148 cm³/mol. The number of phenolic OH excluding ortho intramolecular Hbond substituents is 1. The van der Waals surface area contributed by atoms with Crippen LogP contribution >= 0.6 is 0 Å². The molecule has 0 bridgehead atoms. The largest absolute Gasteiger partial charge is 0.506 e. The summed E-state index contributed by atoms with van der Waals surface area (Å²) in [6.45, 7) is 2.97. The summed E-state index contributed by atoms with van der Waals surface area (Å²) >= 11 is 0. The maximum absolute atomic E-state index is 10.3. The van der Waals surface area contributed by atoms with Gasteiger partial charge in [-0.3, -0.25) is 14.9 Å². The van der Waals surface area contributed by atoms with Gasteiger partial charge in [-0.15, -0.1) is 0 Å². The minimum Gasteiger partial charge on any atom is -0.506 e. The fraction of sp³-hybridized carbons (Fsp3) is 0.258. The van der Waals surface area contributed by atoms with E-state index in [1.54, 1.807) is 6.07 Å². The van der Waals surface area contributed by atoms with Gasteiger partial charge in [0.2, 0.25) is 0 Å². The molecule has 1 aliphatic rings. The molecule has 1 aliphatic carbocycles. The average molecular weight is 505 g/mol. The van der Waals surface area contributed by atoms with Crippen molar-refractivity contribution in [1.82, 2.24) is 30.2 Å². The molecule has 5 aromatic rings. The van der Waals surface area contributed by atoms with Gasteiger partial charge in [-0.25, -0.2) is 4.98 Å². The number of rotatable bonds is 9. The highest BCUT2D eigenvalue weighted by Crippen LogP contribution is 2.35. The highest BCUT2D eigenvalue weighted by Gasteiger charge is 2.28. The van der Waals surface area contributed by atoms with Gasteiger partial charge in [-0.1, -0.05) is 42.5 Å². The van der Waals surface area contributed by atoms with Crippen LogP contribution in [0.2, 0.25) is 0 Å². The number of phenols is 1. The van der Waals surface area contributed by atoms with Crippen molar-refractivity contribution < 1.29 is 5.11 Å². The molecule has 0 amide bonds. The van der Waals surface area contributed by atoms with E-state index in [4.69, 9.17) is 9.97 Å². The molecule has 3 N–H and O–H groups in total. The van der Waals surface area contributed by atoms with Crippen molar-refractivity contribution in [2.75, 3.05) is 0 Å². The van der Waals surface area contributed by atoms with Gasteiger partial charge in [0.25, 0.3) is 0 Å². The lowest BCUT2D eigenvalue weighted by Crippen LogP contribution is -2.31. The van der Waals surface area contributed by atoms with E-state index in [0.29, 0.717) is 12.1 Å². The van der Waals surface area contributed by atoms with Crippen molar-refractivity contribution in [3.63, 3.8) is 0 Å². The third-order valence-corrected chi connectivity index (χ3v) is 7.27. The Morgan fingerprint density at radius 2 is 1.74 bits per heavy atom. The fourth-order valence-corrected chi connectivity index (χ4v) is 5.39. The second-order valence-electron chi connectivity index (χ2n) is 9.96. The lowest BCUT2D eigenvalue weighted by molar-refractivity contribution is 0.153. The highest BCUT2D eigenvalue weighted by molar-refractivity contribution is 5.81. The second-order valence-corrected chi connectivity index (χ2v) is 9.96. The molecule has 0 saturated carbocycles. The molecule has 0 saturated heterocycles. The molecule has 192 valence electrons. The van der Waals surface area contributed by atoms with E-state index in [1.165, 1.54) is 22.4 Å². The van der Waals surface area contributed by atoms with Gasteiger partial charge >= 0.3 is 0 Å². The van der Waals surface area contributed by atoms with Crippen molar-refractivity contribution >= 4 is 11.0 Å². The number of aromatic hydroxyl groups is 1. The normalized spacial score (nSPS) is 15.1. The van der Waals surface area contributed by atoms with Crippen molar-refractivity contribution in [3.05, 3.63) is 119 Å². The van der Waals surface area contributed by atoms with Crippen molar-refractivity contribution in [2.45, 2.75) is 51.5 Å². The topological polar surface area (TPSA) is 90.0 Å². The molecule has 7 heteroatoms. The average Bonchev–Trinajstić information content (AvgIpc) is 3.38. The first kappa shape index (κ1) is 24.3. The summed E-state index contributed by atoms with van der Waals surface area (Å²) in [6.07, 6.45) is 7.01. The molecule has 2 aromatic carbocycles. The van der Waals surface area contributed by atoms with Crippen molar-refractivity contribution in [3.8, 4) is 5.75 Å². The number of nitrogens with zero attached hydrogens (tertiary/aromatic N) is 4. The Labute approximate surface area is 222 Å². The van der Waals surface area contributed by atoms with Crippen molar-refractivity contribution in [2.24, 2.45) is 0 Å². The van der Waals surface area contributed by atoms with Crippen LogP contribution in [0.4, 0.5) is 0 Å². The molecular formula is C31H32N6O. The Morgan fingerprint density at radius 1 is 0.868 bits per heavy atom. The van der Waals surface area contributed by atoms with Crippen LogP contribution in [0.15, 0.2) is 85.2 Å². The third-order valence-electron chi connectivity index (χ3n) is 7.27. The van der Waals surface area contributed by atoms with Crippen LogP contribution in [0.1, 0.15) is 52.8 Å². The third kappa shape index (κ3) is 5.44. The van der Waals surface area contributed by atoms with Crippen LogP contribution in [0.3, 0.4) is 0 Å².